The van der Waals surface area contributed by atoms with Crippen molar-refractivity contribution >= 4 is 5.91 Å². The molecule has 6 heteroatoms. The maximum absolute atomic E-state index is 11.2. The monoisotopic (exact) mass is 226 g/mol. The number of amides is 1. The van der Waals surface area contributed by atoms with Crippen molar-refractivity contribution in [2.75, 3.05) is 27.2 Å². The molecule has 0 radical (unpaired) electrons. The minimum atomic E-state index is -0.546. The Morgan fingerprint density at radius 2 is 2.38 bits per heavy atom. The van der Waals surface area contributed by atoms with E-state index >= 15 is 0 Å². The van der Waals surface area contributed by atoms with E-state index in [2.05, 4.69) is 10.4 Å². The number of carbonyl (C=O) groups excluding carboxylic acids is 1. The van der Waals surface area contributed by atoms with Gasteiger partial charge in [0.05, 0.1) is 19.2 Å². The van der Waals surface area contributed by atoms with Gasteiger partial charge < -0.3 is 15.3 Å². The van der Waals surface area contributed by atoms with Crippen LogP contribution in [0.4, 0.5) is 0 Å². The highest BCUT2D eigenvalue weighted by molar-refractivity contribution is 5.77. The minimum Gasteiger partial charge on any atom is -0.390 e. The lowest BCUT2D eigenvalue weighted by Crippen LogP contribution is -2.37. The van der Waals surface area contributed by atoms with E-state index in [0.717, 1.165) is 0 Å². The van der Waals surface area contributed by atoms with Crippen molar-refractivity contribution in [3.05, 3.63) is 18.5 Å². The zero-order valence-corrected chi connectivity index (χ0v) is 9.63. The quantitative estimate of drug-likeness (QED) is 0.647. The molecule has 0 saturated heterocycles. The van der Waals surface area contributed by atoms with E-state index in [4.69, 9.17) is 0 Å². The SMILES string of the molecule is CN(C)C(=O)CNCC(O)Cn1cccn1. The van der Waals surface area contributed by atoms with Gasteiger partial charge in [0.25, 0.3) is 0 Å². The number of rotatable bonds is 6. The molecule has 0 saturated carbocycles. The van der Waals surface area contributed by atoms with Gasteiger partial charge in [-0.15, -0.1) is 0 Å². The molecule has 0 fully saturated rings. The second-order valence-corrected chi connectivity index (χ2v) is 3.80. The number of carbonyl (C=O) groups is 1. The Balaban J connectivity index is 2.16. The summed E-state index contributed by atoms with van der Waals surface area (Å²) in [4.78, 5) is 12.7. The molecule has 0 aliphatic carbocycles. The van der Waals surface area contributed by atoms with Gasteiger partial charge in [0.2, 0.25) is 5.91 Å². The number of aliphatic hydroxyl groups is 1. The molecule has 1 aromatic heterocycles. The molecule has 6 nitrogen and oxygen atoms in total. The molecule has 16 heavy (non-hydrogen) atoms. The Bertz CT molecular complexity index is 311. The Kier molecular flexibility index (Phi) is 4.94. The van der Waals surface area contributed by atoms with Crippen LogP contribution in [0.2, 0.25) is 0 Å². The van der Waals surface area contributed by atoms with Crippen molar-refractivity contribution < 1.29 is 9.90 Å². The summed E-state index contributed by atoms with van der Waals surface area (Å²) in [5, 5.41) is 16.5. The molecule has 1 rings (SSSR count). The number of aliphatic hydroxyl groups excluding tert-OH is 1. The van der Waals surface area contributed by atoms with Crippen LogP contribution >= 0.6 is 0 Å². The molecule has 0 spiro atoms. The zero-order valence-electron chi connectivity index (χ0n) is 9.63. The van der Waals surface area contributed by atoms with Gasteiger partial charge >= 0.3 is 0 Å². The number of hydrogen-bond donors (Lipinski definition) is 2. The van der Waals surface area contributed by atoms with Crippen LogP contribution in [0.5, 0.6) is 0 Å². The van der Waals surface area contributed by atoms with E-state index in [0.29, 0.717) is 13.1 Å². The number of likely N-dealkylation sites (N-methyl/N-ethyl adjacent to an activating group) is 1. The van der Waals surface area contributed by atoms with Crippen molar-refractivity contribution in [1.82, 2.24) is 20.0 Å². The van der Waals surface area contributed by atoms with Crippen LogP contribution in [0.15, 0.2) is 18.5 Å². The highest BCUT2D eigenvalue weighted by Crippen LogP contribution is 1.89. The second kappa shape index (κ2) is 6.24. The van der Waals surface area contributed by atoms with Crippen molar-refractivity contribution in [2.45, 2.75) is 12.6 Å². The normalized spacial score (nSPS) is 12.4. The van der Waals surface area contributed by atoms with Crippen LogP contribution in [0.25, 0.3) is 0 Å². The summed E-state index contributed by atoms with van der Waals surface area (Å²) in [5.41, 5.74) is 0. The molecule has 1 aromatic rings. The molecule has 0 aliphatic rings. The zero-order chi connectivity index (χ0) is 12.0. The van der Waals surface area contributed by atoms with Gasteiger partial charge in [0.1, 0.15) is 0 Å². The Morgan fingerprint density at radius 1 is 1.62 bits per heavy atom. The topological polar surface area (TPSA) is 70.4 Å². The number of hydrogen-bond acceptors (Lipinski definition) is 4. The summed E-state index contributed by atoms with van der Waals surface area (Å²) in [7, 11) is 3.40. The van der Waals surface area contributed by atoms with E-state index in [9.17, 15) is 9.90 Å². The molecular formula is C10H18N4O2. The summed E-state index contributed by atoms with van der Waals surface area (Å²) < 4.78 is 1.65. The summed E-state index contributed by atoms with van der Waals surface area (Å²) in [6.45, 7) is 1.04. The van der Waals surface area contributed by atoms with E-state index in [-0.39, 0.29) is 12.5 Å². The van der Waals surface area contributed by atoms with Gasteiger partial charge in [0.15, 0.2) is 0 Å². The van der Waals surface area contributed by atoms with Gasteiger partial charge in [-0.2, -0.15) is 5.10 Å². The average molecular weight is 226 g/mol. The summed E-state index contributed by atoms with van der Waals surface area (Å²) in [5.74, 6) is -0.00807. The molecule has 0 bridgehead atoms. The molecule has 1 amide bonds. The van der Waals surface area contributed by atoms with E-state index in [1.165, 1.54) is 4.90 Å². The van der Waals surface area contributed by atoms with Crippen LogP contribution in [-0.4, -0.2) is 59.0 Å². The van der Waals surface area contributed by atoms with Gasteiger partial charge in [-0.05, 0) is 6.07 Å². The second-order valence-electron chi connectivity index (χ2n) is 3.80. The first-order chi connectivity index (χ1) is 7.59. The average Bonchev–Trinajstić information content (AvgIpc) is 2.70. The van der Waals surface area contributed by atoms with Gasteiger partial charge in [-0.25, -0.2) is 0 Å². The summed E-state index contributed by atoms with van der Waals surface area (Å²) in [6.07, 6.45) is 2.90. The highest BCUT2D eigenvalue weighted by atomic mass is 16.3. The maximum Gasteiger partial charge on any atom is 0.236 e. The van der Waals surface area contributed by atoms with Crippen molar-refractivity contribution in [3.8, 4) is 0 Å². The summed E-state index contributed by atoms with van der Waals surface area (Å²) in [6, 6.07) is 1.80. The Labute approximate surface area is 94.9 Å². The predicted molar refractivity (Wildman–Crippen MR) is 59.8 cm³/mol. The molecule has 1 unspecified atom stereocenters. The molecule has 1 heterocycles. The van der Waals surface area contributed by atoms with Crippen molar-refractivity contribution in [2.24, 2.45) is 0 Å². The smallest absolute Gasteiger partial charge is 0.236 e. The number of nitrogens with one attached hydrogen (secondary N) is 1. The van der Waals surface area contributed by atoms with E-state index in [1.807, 2.05) is 0 Å². The first-order valence-corrected chi connectivity index (χ1v) is 5.16. The lowest BCUT2D eigenvalue weighted by atomic mass is 10.3. The predicted octanol–water partition coefficient (Wildman–Crippen LogP) is -1.08. The summed E-state index contributed by atoms with van der Waals surface area (Å²) >= 11 is 0. The van der Waals surface area contributed by atoms with Crippen LogP contribution in [-0.2, 0) is 11.3 Å². The molecule has 90 valence electrons. The molecule has 0 aliphatic heterocycles. The fraction of sp³-hybridized carbons (Fsp3) is 0.600. The molecule has 2 N–H and O–H groups in total. The third-order valence-corrected chi connectivity index (χ3v) is 2.11. The van der Waals surface area contributed by atoms with E-state index < -0.39 is 6.10 Å². The van der Waals surface area contributed by atoms with Crippen LogP contribution in [0.3, 0.4) is 0 Å². The fourth-order valence-electron chi connectivity index (χ4n) is 1.19. The lowest BCUT2D eigenvalue weighted by molar-refractivity contribution is -0.127. The first-order valence-electron chi connectivity index (χ1n) is 5.16. The largest absolute Gasteiger partial charge is 0.390 e. The Hall–Kier alpha value is -1.40. The third-order valence-electron chi connectivity index (χ3n) is 2.11. The number of aromatic nitrogens is 2. The highest BCUT2D eigenvalue weighted by Gasteiger charge is 2.07. The van der Waals surface area contributed by atoms with Crippen LogP contribution < -0.4 is 5.32 Å². The van der Waals surface area contributed by atoms with Crippen molar-refractivity contribution in [1.29, 1.82) is 0 Å². The standard InChI is InChI=1S/C10H18N4O2/c1-13(2)10(16)7-11-6-9(15)8-14-5-3-4-12-14/h3-5,9,11,15H,6-8H2,1-2H3. The first kappa shape index (κ1) is 12.7. The van der Waals surface area contributed by atoms with Crippen LogP contribution in [0, 0.1) is 0 Å². The van der Waals surface area contributed by atoms with Gasteiger partial charge in [-0.3, -0.25) is 9.48 Å². The molecule has 0 aromatic carbocycles. The van der Waals surface area contributed by atoms with Gasteiger partial charge in [-0.1, -0.05) is 0 Å². The van der Waals surface area contributed by atoms with Crippen molar-refractivity contribution in [3.63, 3.8) is 0 Å². The molecular weight excluding hydrogens is 208 g/mol. The maximum atomic E-state index is 11.2. The lowest BCUT2D eigenvalue weighted by Gasteiger charge is -2.14. The number of nitrogens with zero attached hydrogens (tertiary/aromatic N) is 3. The van der Waals surface area contributed by atoms with E-state index in [1.54, 1.807) is 37.2 Å². The fourth-order valence-corrected chi connectivity index (χ4v) is 1.19. The Morgan fingerprint density at radius 3 is 2.94 bits per heavy atom. The minimum absolute atomic E-state index is 0.00807. The third kappa shape index (κ3) is 4.41. The van der Waals surface area contributed by atoms with Gasteiger partial charge in [0, 0.05) is 33.0 Å². The van der Waals surface area contributed by atoms with Crippen LogP contribution in [0.1, 0.15) is 0 Å². The molecule has 1 atom stereocenters.